The van der Waals surface area contributed by atoms with Gasteiger partial charge in [-0.15, -0.1) is 0 Å². The molecule has 1 amide bonds. The Balaban J connectivity index is 2.37. The monoisotopic (exact) mass is 284 g/mol. The van der Waals surface area contributed by atoms with E-state index in [1.807, 2.05) is 26.0 Å². The van der Waals surface area contributed by atoms with Gasteiger partial charge in [0.25, 0.3) is 5.91 Å². The van der Waals surface area contributed by atoms with Crippen LogP contribution in [-0.4, -0.2) is 40.1 Å². The van der Waals surface area contributed by atoms with Gasteiger partial charge in [-0.2, -0.15) is 10.4 Å². The van der Waals surface area contributed by atoms with Crippen LogP contribution in [0.4, 0.5) is 5.82 Å². The number of fused-ring (bicyclic) bond motifs is 1. The first-order valence-corrected chi connectivity index (χ1v) is 6.34. The average molecular weight is 284 g/mol. The molecule has 0 fully saturated rings. The molecule has 0 saturated carbocycles. The van der Waals surface area contributed by atoms with Crippen molar-refractivity contribution < 1.29 is 4.79 Å². The van der Waals surface area contributed by atoms with Crippen LogP contribution in [0.2, 0.25) is 0 Å². The highest BCUT2D eigenvalue weighted by molar-refractivity contribution is 6.09. The normalized spacial score (nSPS) is 11.3. The predicted octanol–water partition coefficient (Wildman–Crippen LogP) is 1.48. The molecule has 2 aromatic heterocycles. The molecule has 0 aliphatic heterocycles. The first-order chi connectivity index (χ1) is 9.92. The highest BCUT2D eigenvalue weighted by Gasteiger charge is 2.15. The van der Waals surface area contributed by atoms with E-state index in [1.165, 1.54) is 6.20 Å². The Kier molecular flexibility index (Phi) is 3.89. The van der Waals surface area contributed by atoms with Gasteiger partial charge in [0.05, 0.1) is 5.39 Å². The summed E-state index contributed by atoms with van der Waals surface area (Å²) in [6.07, 6.45) is 1.46. The number of carbonyl (C=O) groups excluding carboxylic acids is 1. The van der Waals surface area contributed by atoms with Crippen LogP contribution >= 0.6 is 0 Å². The smallest absolute Gasteiger partial charge is 0.269 e. The van der Waals surface area contributed by atoms with Gasteiger partial charge in [0.15, 0.2) is 11.5 Å². The molecule has 0 aromatic carbocycles. The summed E-state index contributed by atoms with van der Waals surface area (Å²) in [5.41, 5.74) is 2.44. The molecule has 2 N–H and O–H groups in total. The fraction of sp³-hybridized carbons (Fsp3) is 0.286. The van der Waals surface area contributed by atoms with Gasteiger partial charge < -0.3 is 10.2 Å². The van der Waals surface area contributed by atoms with Gasteiger partial charge in [0, 0.05) is 26.0 Å². The maximum Gasteiger partial charge on any atom is 0.269 e. The second-order valence-corrected chi connectivity index (χ2v) is 4.95. The number of anilines is 1. The predicted molar refractivity (Wildman–Crippen MR) is 79.4 cm³/mol. The molecule has 0 unspecified atom stereocenters. The van der Waals surface area contributed by atoms with Gasteiger partial charge in [0.1, 0.15) is 11.6 Å². The molecule has 108 valence electrons. The van der Waals surface area contributed by atoms with Crippen LogP contribution in [-0.2, 0) is 4.79 Å². The van der Waals surface area contributed by atoms with E-state index in [2.05, 4.69) is 20.5 Å². The van der Waals surface area contributed by atoms with Gasteiger partial charge in [-0.3, -0.25) is 9.89 Å². The minimum atomic E-state index is -0.500. The summed E-state index contributed by atoms with van der Waals surface area (Å²) in [5, 5.41) is 19.3. The van der Waals surface area contributed by atoms with Crippen molar-refractivity contribution in [2.45, 2.75) is 13.8 Å². The molecule has 2 rings (SSSR count). The standard InChI is InChI=1S/C14H16N6O/c1-8-5-9(2)16-12-11(8)13(19-18-12)17-14(21)10(6-15)7-20(3)4/h5,7H,1-4H3,(H2,16,17,18,19,21)/b10-7-. The SMILES string of the molecule is Cc1cc(C)c2c(NC(=O)/C(C#N)=C\N(C)C)n[nH]c2n1. The minimum absolute atomic E-state index is 0.00822. The van der Waals surface area contributed by atoms with Crippen LogP contribution in [0.15, 0.2) is 17.8 Å². The number of pyridine rings is 1. The summed E-state index contributed by atoms with van der Waals surface area (Å²) >= 11 is 0. The lowest BCUT2D eigenvalue weighted by Gasteiger charge is -2.07. The van der Waals surface area contributed by atoms with E-state index in [-0.39, 0.29) is 5.57 Å². The van der Waals surface area contributed by atoms with E-state index in [0.29, 0.717) is 11.5 Å². The number of H-pyrrole nitrogens is 1. The first-order valence-electron chi connectivity index (χ1n) is 6.34. The van der Waals surface area contributed by atoms with Crippen LogP contribution in [0.25, 0.3) is 11.0 Å². The maximum atomic E-state index is 12.1. The molecule has 0 aliphatic carbocycles. The fourth-order valence-electron chi connectivity index (χ4n) is 2.04. The summed E-state index contributed by atoms with van der Waals surface area (Å²) in [6.45, 7) is 3.81. The van der Waals surface area contributed by atoms with E-state index >= 15 is 0 Å². The molecule has 2 heterocycles. The number of hydrogen-bond donors (Lipinski definition) is 2. The Morgan fingerprint density at radius 2 is 2.19 bits per heavy atom. The zero-order valence-electron chi connectivity index (χ0n) is 12.4. The maximum absolute atomic E-state index is 12.1. The van der Waals surface area contributed by atoms with Crippen molar-refractivity contribution in [3.05, 3.63) is 29.1 Å². The summed E-state index contributed by atoms with van der Waals surface area (Å²) in [6, 6.07) is 3.78. The van der Waals surface area contributed by atoms with Crippen molar-refractivity contribution in [2.75, 3.05) is 19.4 Å². The molecule has 0 spiro atoms. The second-order valence-electron chi connectivity index (χ2n) is 4.95. The van der Waals surface area contributed by atoms with Gasteiger partial charge in [-0.1, -0.05) is 0 Å². The lowest BCUT2D eigenvalue weighted by molar-refractivity contribution is -0.112. The van der Waals surface area contributed by atoms with Crippen LogP contribution in [0.5, 0.6) is 0 Å². The molecule has 0 aliphatic rings. The summed E-state index contributed by atoms with van der Waals surface area (Å²) in [7, 11) is 3.48. The quantitative estimate of drug-likeness (QED) is 0.657. The number of rotatable bonds is 3. The average Bonchev–Trinajstić information content (AvgIpc) is 2.78. The highest BCUT2D eigenvalue weighted by Crippen LogP contribution is 2.23. The Labute approximate surface area is 122 Å². The third kappa shape index (κ3) is 3.00. The van der Waals surface area contributed by atoms with E-state index in [0.717, 1.165) is 16.6 Å². The number of amides is 1. The topological polar surface area (TPSA) is 97.7 Å². The zero-order chi connectivity index (χ0) is 15.6. The number of aryl methyl sites for hydroxylation is 2. The second kappa shape index (κ2) is 5.63. The Hall–Kier alpha value is -2.88. The number of aromatic nitrogens is 3. The van der Waals surface area contributed by atoms with Crippen LogP contribution < -0.4 is 5.32 Å². The van der Waals surface area contributed by atoms with E-state index in [9.17, 15) is 4.79 Å². The number of aromatic amines is 1. The van der Waals surface area contributed by atoms with Gasteiger partial charge in [-0.05, 0) is 25.5 Å². The van der Waals surface area contributed by atoms with Crippen molar-refractivity contribution in [2.24, 2.45) is 0 Å². The Morgan fingerprint density at radius 1 is 1.48 bits per heavy atom. The third-order valence-corrected chi connectivity index (χ3v) is 2.84. The molecule has 7 heteroatoms. The third-order valence-electron chi connectivity index (χ3n) is 2.84. The summed E-state index contributed by atoms with van der Waals surface area (Å²) in [4.78, 5) is 18.1. The molecular formula is C14H16N6O. The van der Waals surface area contributed by atoms with Gasteiger partial charge in [-0.25, -0.2) is 4.98 Å². The largest absolute Gasteiger partial charge is 0.382 e. The molecule has 2 aromatic rings. The number of nitrogens with one attached hydrogen (secondary N) is 2. The van der Waals surface area contributed by atoms with Crippen molar-refractivity contribution in [1.82, 2.24) is 20.1 Å². The number of nitrogens with zero attached hydrogens (tertiary/aromatic N) is 4. The van der Waals surface area contributed by atoms with Gasteiger partial charge >= 0.3 is 0 Å². The molecule has 0 bridgehead atoms. The number of carbonyl (C=O) groups is 1. The molecule has 0 atom stereocenters. The lowest BCUT2D eigenvalue weighted by atomic mass is 10.1. The minimum Gasteiger partial charge on any atom is -0.382 e. The molecule has 21 heavy (non-hydrogen) atoms. The van der Waals surface area contributed by atoms with Crippen LogP contribution in [0, 0.1) is 25.2 Å². The molecule has 0 saturated heterocycles. The molecular weight excluding hydrogens is 268 g/mol. The van der Waals surface area contributed by atoms with Crippen LogP contribution in [0.3, 0.4) is 0 Å². The molecule has 7 nitrogen and oxygen atoms in total. The van der Waals surface area contributed by atoms with Crippen molar-refractivity contribution in [3.63, 3.8) is 0 Å². The highest BCUT2D eigenvalue weighted by atomic mass is 16.1. The van der Waals surface area contributed by atoms with Gasteiger partial charge in [0.2, 0.25) is 0 Å². The van der Waals surface area contributed by atoms with E-state index < -0.39 is 5.91 Å². The van der Waals surface area contributed by atoms with E-state index in [1.54, 1.807) is 19.0 Å². The first kappa shape index (κ1) is 14.5. The number of nitriles is 1. The Morgan fingerprint density at radius 3 is 2.81 bits per heavy atom. The summed E-state index contributed by atoms with van der Waals surface area (Å²) < 4.78 is 0. The lowest BCUT2D eigenvalue weighted by Crippen LogP contribution is -2.16. The van der Waals surface area contributed by atoms with E-state index in [4.69, 9.17) is 5.26 Å². The van der Waals surface area contributed by atoms with Crippen LogP contribution in [0.1, 0.15) is 11.3 Å². The van der Waals surface area contributed by atoms with Crippen molar-refractivity contribution >= 4 is 22.8 Å². The zero-order valence-corrected chi connectivity index (χ0v) is 12.4. The Bertz CT molecular complexity index is 766. The fourth-order valence-corrected chi connectivity index (χ4v) is 2.04. The summed E-state index contributed by atoms with van der Waals surface area (Å²) in [5.74, 6) is -0.125. The van der Waals surface area contributed by atoms with Crippen molar-refractivity contribution in [1.29, 1.82) is 5.26 Å². The number of hydrogen-bond acceptors (Lipinski definition) is 5. The van der Waals surface area contributed by atoms with Crippen molar-refractivity contribution in [3.8, 4) is 6.07 Å². The molecule has 0 radical (unpaired) electrons.